The molecule has 0 spiro atoms. The maximum Gasteiger partial charge on any atom is 0.182 e. The van der Waals surface area contributed by atoms with Crippen LogP contribution in [0.2, 0.25) is 0 Å². The molecule has 1 N–H and O–H groups in total. The summed E-state index contributed by atoms with van der Waals surface area (Å²) < 4.78 is 0. The van der Waals surface area contributed by atoms with Gasteiger partial charge in [-0.1, -0.05) is 30.3 Å². The molecule has 1 unspecified atom stereocenters. The molecule has 52 valence electrons. The second-order valence-corrected chi connectivity index (χ2v) is 2.42. The van der Waals surface area contributed by atoms with Crippen LogP contribution >= 0.6 is 0 Å². The van der Waals surface area contributed by atoms with Crippen molar-refractivity contribution < 1.29 is 0 Å². The van der Waals surface area contributed by atoms with Crippen LogP contribution in [0.5, 0.6) is 0 Å². The van der Waals surface area contributed by atoms with Gasteiger partial charge in [-0.2, -0.15) is 0 Å². The highest BCUT2D eigenvalue weighted by Crippen LogP contribution is 2.08. The van der Waals surface area contributed by atoms with E-state index in [2.05, 4.69) is 36.4 Å². The van der Waals surface area contributed by atoms with Crippen molar-refractivity contribution in [3.05, 3.63) is 35.9 Å². The molecule has 0 aromatic heterocycles. The Bertz CT molecular complexity index is 186. The summed E-state index contributed by atoms with van der Waals surface area (Å²) in [7, 11) is 1.97. The molecule has 1 aromatic rings. The zero-order valence-corrected chi connectivity index (χ0v) is 6.46. The smallest absolute Gasteiger partial charge is 0.182 e. The zero-order valence-electron chi connectivity index (χ0n) is 6.46. The van der Waals surface area contributed by atoms with Crippen LogP contribution in [0.15, 0.2) is 30.3 Å². The minimum atomic E-state index is 0.459. The molecule has 1 aromatic carbocycles. The van der Waals surface area contributed by atoms with Gasteiger partial charge in [0.05, 0.1) is 0 Å². The molecule has 0 aliphatic carbocycles. The van der Waals surface area contributed by atoms with Crippen LogP contribution in [-0.4, -0.2) is 7.98 Å². The van der Waals surface area contributed by atoms with Gasteiger partial charge in [-0.15, -0.1) is 0 Å². The van der Waals surface area contributed by atoms with Gasteiger partial charge in [-0.3, -0.25) is 0 Å². The Balaban J connectivity index is 2.75. The van der Waals surface area contributed by atoms with Gasteiger partial charge in [0.25, 0.3) is 0 Å². The first kappa shape index (κ1) is 7.35. The standard InChI is InChI=1S/C8H12BN/c1-7(10-9)8-5-3-2-4-6-8/h2-7,10H,9H2,1H3. The molecule has 0 amide bonds. The normalized spacial score (nSPS) is 12.9. The molecule has 0 saturated heterocycles. The predicted octanol–water partition coefficient (Wildman–Crippen LogP) is 0.885. The number of nitrogens with one attached hydrogen (secondary N) is 1. The highest BCUT2D eigenvalue weighted by Gasteiger charge is 1.97. The fraction of sp³-hybridized carbons (Fsp3) is 0.250. The lowest BCUT2D eigenvalue weighted by Crippen LogP contribution is -2.13. The predicted molar refractivity (Wildman–Crippen MR) is 46.5 cm³/mol. The zero-order chi connectivity index (χ0) is 7.40. The number of rotatable bonds is 2. The number of benzene rings is 1. The highest BCUT2D eigenvalue weighted by atomic mass is 14.8. The Hall–Kier alpha value is -0.755. The summed E-state index contributed by atoms with van der Waals surface area (Å²) in [4.78, 5) is 0. The average Bonchev–Trinajstić information content (AvgIpc) is 2.05. The summed E-state index contributed by atoms with van der Waals surface area (Å²) in [6.07, 6.45) is 0. The molecule has 0 heterocycles. The summed E-state index contributed by atoms with van der Waals surface area (Å²) in [5.74, 6) is 0. The Morgan fingerprint density at radius 3 is 2.40 bits per heavy atom. The van der Waals surface area contributed by atoms with Crippen molar-refractivity contribution in [1.82, 2.24) is 5.23 Å². The number of hydrogen-bond donors (Lipinski definition) is 1. The van der Waals surface area contributed by atoms with Gasteiger partial charge in [-0.25, -0.2) is 0 Å². The van der Waals surface area contributed by atoms with Gasteiger partial charge >= 0.3 is 0 Å². The third kappa shape index (κ3) is 1.61. The van der Waals surface area contributed by atoms with Crippen LogP contribution in [0, 0.1) is 0 Å². The molecule has 0 fully saturated rings. The van der Waals surface area contributed by atoms with Crippen molar-refractivity contribution in [2.24, 2.45) is 0 Å². The van der Waals surface area contributed by atoms with Crippen molar-refractivity contribution in [3.63, 3.8) is 0 Å². The van der Waals surface area contributed by atoms with E-state index < -0.39 is 0 Å². The first-order valence-corrected chi connectivity index (χ1v) is 3.57. The van der Waals surface area contributed by atoms with E-state index in [9.17, 15) is 0 Å². The van der Waals surface area contributed by atoms with E-state index >= 15 is 0 Å². The molecular formula is C8H12BN. The second-order valence-electron chi connectivity index (χ2n) is 2.42. The molecule has 0 saturated carbocycles. The molecule has 0 bridgehead atoms. The van der Waals surface area contributed by atoms with Crippen LogP contribution in [0.3, 0.4) is 0 Å². The van der Waals surface area contributed by atoms with Crippen molar-refractivity contribution in [2.75, 3.05) is 0 Å². The maximum absolute atomic E-state index is 3.18. The fourth-order valence-corrected chi connectivity index (χ4v) is 0.908. The summed E-state index contributed by atoms with van der Waals surface area (Å²) >= 11 is 0. The Morgan fingerprint density at radius 1 is 1.30 bits per heavy atom. The Labute approximate surface area is 62.9 Å². The van der Waals surface area contributed by atoms with Crippen LogP contribution in [0.4, 0.5) is 0 Å². The summed E-state index contributed by atoms with van der Waals surface area (Å²) in [5, 5.41) is 3.18. The molecule has 0 aliphatic heterocycles. The first-order valence-electron chi connectivity index (χ1n) is 3.57. The summed E-state index contributed by atoms with van der Waals surface area (Å²) in [6.45, 7) is 2.15. The van der Waals surface area contributed by atoms with Gasteiger partial charge in [-0.05, 0) is 12.5 Å². The van der Waals surface area contributed by atoms with E-state index in [1.807, 2.05) is 14.0 Å². The van der Waals surface area contributed by atoms with Gasteiger partial charge in [0, 0.05) is 6.04 Å². The van der Waals surface area contributed by atoms with E-state index in [4.69, 9.17) is 0 Å². The van der Waals surface area contributed by atoms with E-state index in [0.29, 0.717) is 6.04 Å². The van der Waals surface area contributed by atoms with Gasteiger partial charge in [0.1, 0.15) is 0 Å². The van der Waals surface area contributed by atoms with Crippen molar-refractivity contribution in [1.29, 1.82) is 0 Å². The van der Waals surface area contributed by atoms with E-state index in [-0.39, 0.29) is 0 Å². The molecular weight excluding hydrogens is 121 g/mol. The fourth-order valence-electron chi connectivity index (χ4n) is 0.908. The van der Waals surface area contributed by atoms with Crippen LogP contribution in [0.1, 0.15) is 18.5 Å². The van der Waals surface area contributed by atoms with Gasteiger partial charge in [0.15, 0.2) is 7.98 Å². The highest BCUT2D eigenvalue weighted by molar-refractivity contribution is 6.04. The van der Waals surface area contributed by atoms with Gasteiger partial charge in [0.2, 0.25) is 0 Å². The first-order chi connectivity index (χ1) is 4.84. The molecule has 1 rings (SSSR count). The third-order valence-electron chi connectivity index (χ3n) is 1.73. The van der Waals surface area contributed by atoms with E-state index in [1.165, 1.54) is 5.56 Å². The van der Waals surface area contributed by atoms with E-state index in [1.54, 1.807) is 0 Å². The minimum absolute atomic E-state index is 0.459. The van der Waals surface area contributed by atoms with Crippen molar-refractivity contribution in [2.45, 2.75) is 13.0 Å². The molecule has 1 nitrogen and oxygen atoms in total. The van der Waals surface area contributed by atoms with Crippen molar-refractivity contribution >= 4 is 7.98 Å². The van der Waals surface area contributed by atoms with Crippen LogP contribution in [0.25, 0.3) is 0 Å². The number of hydrogen-bond acceptors (Lipinski definition) is 1. The molecule has 0 radical (unpaired) electrons. The molecule has 0 aliphatic rings. The van der Waals surface area contributed by atoms with Crippen LogP contribution in [-0.2, 0) is 0 Å². The average molecular weight is 133 g/mol. The molecule has 10 heavy (non-hydrogen) atoms. The molecule has 1 atom stereocenters. The Kier molecular flexibility index (Phi) is 2.52. The van der Waals surface area contributed by atoms with Crippen LogP contribution < -0.4 is 5.23 Å². The quantitative estimate of drug-likeness (QED) is 0.590. The largest absolute Gasteiger partial charge is 0.356 e. The summed E-state index contributed by atoms with van der Waals surface area (Å²) in [6, 6.07) is 10.9. The lowest BCUT2D eigenvalue weighted by molar-refractivity contribution is 0.744. The maximum atomic E-state index is 3.18. The lowest BCUT2D eigenvalue weighted by atomic mass is 10.1. The topological polar surface area (TPSA) is 12.0 Å². The van der Waals surface area contributed by atoms with E-state index in [0.717, 1.165) is 0 Å². The third-order valence-corrected chi connectivity index (χ3v) is 1.73. The van der Waals surface area contributed by atoms with Crippen molar-refractivity contribution in [3.8, 4) is 0 Å². The second kappa shape index (κ2) is 3.42. The molecule has 2 heteroatoms. The minimum Gasteiger partial charge on any atom is -0.356 e. The monoisotopic (exact) mass is 133 g/mol. The summed E-state index contributed by atoms with van der Waals surface area (Å²) in [5.41, 5.74) is 1.34. The van der Waals surface area contributed by atoms with Gasteiger partial charge < -0.3 is 5.23 Å². The SMILES string of the molecule is BNC(C)c1ccccc1. The lowest BCUT2D eigenvalue weighted by Gasteiger charge is -2.09. The Morgan fingerprint density at radius 2 is 1.90 bits per heavy atom.